The summed E-state index contributed by atoms with van der Waals surface area (Å²) in [6, 6.07) is 6.58. The lowest BCUT2D eigenvalue weighted by molar-refractivity contribution is -0.0681. The largest absolute Gasteiger partial charge is 0.384 e. The van der Waals surface area contributed by atoms with Crippen molar-refractivity contribution in [3.05, 3.63) is 29.6 Å². The van der Waals surface area contributed by atoms with Gasteiger partial charge in [0.1, 0.15) is 17.4 Å². The molecule has 2 rings (SSSR count). The van der Waals surface area contributed by atoms with Crippen LogP contribution in [-0.2, 0) is 4.74 Å². The Labute approximate surface area is 131 Å². The van der Waals surface area contributed by atoms with E-state index in [1.165, 1.54) is 6.07 Å². The maximum Gasteiger partial charge on any atom is 0.143 e. The first-order valence-corrected chi connectivity index (χ1v) is 7.90. The number of unbranched alkanes of at least 4 members (excludes halogenated alkanes) is 1. The second kappa shape index (κ2) is 8.11. The smallest absolute Gasteiger partial charge is 0.143 e. The van der Waals surface area contributed by atoms with Gasteiger partial charge in [-0.05, 0) is 45.4 Å². The Bertz CT molecular complexity index is 519. The minimum atomic E-state index is -0.469. The molecule has 0 aromatic heterocycles. The van der Waals surface area contributed by atoms with Crippen LogP contribution in [0.25, 0.3) is 0 Å². The average Bonchev–Trinajstić information content (AvgIpc) is 2.46. The van der Waals surface area contributed by atoms with E-state index in [-0.39, 0.29) is 5.56 Å². The van der Waals surface area contributed by atoms with Crippen molar-refractivity contribution < 1.29 is 9.13 Å². The summed E-state index contributed by atoms with van der Waals surface area (Å²) in [7, 11) is 0. The van der Waals surface area contributed by atoms with Crippen LogP contribution in [0.5, 0.6) is 0 Å². The summed E-state index contributed by atoms with van der Waals surface area (Å²) < 4.78 is 19.2. The first kappa shape index (κ1) is 16.7. The van der Waals surface area contributed by atoms with Gasteiger partial charge in [0, 0.05) is 19.6 Å². The number of ether oxygens (including phenoxy) is 1. The fourth-order valence-electron chi connectivity index (χ4n) is 2.94. The number of nitrogens with zero attached hydrogens (tertiary/aromatic N) is 2. The maximum atomic E-state index is 13.5. The lowest BCUT2D eigenvalue weighted by Crippen LogP contribution is -2.45. The van der Waals surface area contributed by atoms with E-state index in [2.05, 4.69) is 24.1 Å². The predicted octanol–water partition coefficient (Wildman–Crippen LogP) is 3.00. The predicted molar refractivity (Wildman–Crippen MR) is 85.3 cm³/mol. The molecule has 1 aromatic carbocycles. The third-order valence-corrected chi connectivity index (χ3v) is 3.84. The lowest BCUT2D eigenvalue weighted by atomic mass is 10.1. The normalized spacial score (nSPS) is 22.3. The van der Waals surface area contributed by atoms with E-state index in [4.69, 9.17) is 10.00 Å². The molecule has 1 aliphatic heterocycles. The Morgan fingerprint density at radius 1 is 1.32 bits per heavy atom. The molecule has 1 N–H and O–H groups in total. The molecule has 1 heterocycles. The summed E-state index contributed by atoms with van der Waals surface area (Å²) in [6.07, 6.45) is 2.66. The molecule has 22 heavy (non-hydrogen) atoms. The molecule has 4 nitrogen and oxygen atoms in total. The molecule has 0 spiro atoms. The summed E-state index contributed by atoms with van der Waals surface area (Å²) in [6.45, 7) is 7.98. The van der Waals surface area contributed by atoms with Crippen LogP contribution in [0.1, 0.15) is 32.3 Å². The number of benzene rings is 1. The van der Waals surface area contributed by atoms with Crippen molar-refractivity contribution in [2.45, 2.75) is 38.9 Å². The van der Waals surface area contributed by atoms with Gasteiger partial charge in [-0.2, -0.15) is 5.26 Å². The van der Waals surface area contributed by atoms with E-state index >= 15 is 0 Å². The Hall–Kier alpha value is -1.64. The highest BCUT2D eigenvalue weighted by atomic mass is 19.1. The fraction of sp³-hybridized carbons (Fsp3) is 0.588. The topological polar surface area (TPSA) is 48.3 Å². The van der Waals surface area contributed by atoms with Gasteiger partial charge >= 0.3 is 0 Å². The van der Waals surface area contributed by atoms with Crippen molar-refractivity contribution in [2.24, 2.45) is 0 Å². The van der Waals surface area contributed by atoms with Crippen LogP contribution in [0.2, 0.25) is 0 Å². The molecule has 120 valence electrons. The molecule has 5 heteroatoms. The van der Waals surface area contributed by atoms with Crippen LogP contribution < -0.4 is 5.32 Å². The SMILES string of the molecule is C[C@@H]1CN(CCCCNc2cccc(F)c2C#N)C[C@@H](C)O1. The van der Waals surface area contributed by atoms with Gasteiger partial charge in [-0.1, -0.05) is 6.07 Å². The molecule has 0 bridgehead atoms. The van der Waals surface area contributed by atoms with E-state index in [9.17, 15) is 4.39 Å². The lowest BCUT2D eigenvalue weighted by Gasteiger charge is -2.35. The van der Waals surface area contributed by atoms with Crippen LogP contribution in [0.4, 0.5) is 10.1 Å². The van der Waals surface area contributed by atoms with Gasteiger partial charge in [-0.25, -0.2) is 4.39 Å². The number of nitrogens with one attached hydrogen (secondary N) is 1. The van der Waals surface area contributed by atoms with E-state index in [0.29, 0.717) is 17.9 Å². The molecule has 1 saturated heterocycles. The second-order valence-corrected chi connectivity index (χ2v) is 5.92. The summed E-state index contributed by atoms with van der Waals surface area (Å²) in [5, 5.41) is 12.1. The average molecular weight is 305 g/mol. The van der Waals surface area contributed by atoms with Gasteiger partial charge in [0.05, 0.1) is 17.9 Å². The highest BCUT2D eigenvalue weighted by Crippen LogP contribution is 2.18. The minimum absolute atomic E-state index is 0.0957. The standard InChI is InChI=1S/C17H24FN3O/c1-13-11-21(12-14(2)22-13)9-4-3-8-20-17-7-5-6-16(18)15(17)10-19/h5-7,13-14,20H,3-4,8-9,11-12H2,1-2H3/t13-,14-/m1/s1. The van der Waals surface area contributed by atoms with Crippen LogP contribution in [-0.4, -0.2) is 43.3 Å². The molecule has 0 unspecified atom stereocenters. The highest BCUT2D eigenvalue weighted by molar-refractivity contribution is 5.57. The molecule has 2 atom stereocenters. The zero-order valence-electron chi connectivity index (χ0n) is 13.3. The van der Waals surface area contributed by atoms with Gasteiger partial charge in [-0.15, -0.1) is 0 Å². The molecule has 0 saturated carbocycles. The van der Waals surface area contributed by atoms with Gasteiger partial charge in [0.2, 0.25) is 0 Å². The number of anilines is 1. The molecule has 1 aliphatic rings. The van der Waals surface area contributed by atoms with Gasteiger partial charge < -0.3 is 10.1 Å². The van der Waals surface area contributed by atoms with Crippen LogP contribution in [0.15, 0.2) is 18.2 Å². The number of nitriles is 1. The summed E-state index contributed by atoms with van der Waals surface area (Å²) in [5.74, 6) is -0.469. The molecular weight excluding hydrogens is 281 g/mol. The quantitative estimate of drug-likeness (QED) is 0.821. The van der Waals surface area contributed by atoms with Crippen molar-refractivity contribution in [2.75, 3.05) is 31.5 Å². The molecule has 0 aliphatic carbocycles. The minimum Gasteiger partial charge on any atom is -0.384 e. The molecule has 1 fully saturated rings. The summed E-state index contributed by atoms with van der Waals surface area (Å²) in [5.41, 5.74) is 0.675. The summed E-state index contributed by atoms with van der Waals surface area (Å²) in [4.78, 5) is 2.43. The van der Waals surface area contributed by atoms with E-state index in [1.54, 1.807) is 12.1 Å². The summed E-state index contributed by atoms with van der Waals surface area (Å²) >= 11 is 0. The monoisotopic (exact) mass is 305 g/mol. The van der Waals surface area contributed by atoms with Crippen molar-refractivity contribution in [3.63, 3.8) is 0 Å². The number of morpholine rings is 1. The molecular formula is C17H24FN3O. The number of hydrogen-bond donors (Lipinski definition) is 1. The zero-order valence-corrected chi connectivity index (χ0v) is 13.3. The maximum absolute atomic E-state index is 13.5. The number of halogens is 1. The van der Waals surface area contributed by atoms with Gasteiger partial charge in [0.25, 0.3) is 0 Å². The first-order chi connectivity index (χ1) is 10.6. The van der Waals surface area contributed by atoms with Gasteiger partial charge in [-0.3, -0.25) is 4.90 Å². The van der Waals surface area contributed by atoms with Crippen molar-refractivity contribution >= 4 is 5.69 Å². The van der Waals surface area contributed by atoms with Crippen molar-refractivity contribution in [1.82, 2.24) is 4.90 Å². The van der Waals surface area contributed by atoms with E-state index in [1.807, 2.05) is 6.07 Å². The second-order valence-electron chi connectivity index (χ2n) is 5.92. The van der Waals surface area contributed by atoms with E-state index in [0.717, 1.165) is 39.0 Å². The van der Waals surface area contributed by atoms with Crippen LogP contribution in [0.3, 0.4) is 0 Å². The fourth-order valence-corrected chi connectivity index (χ4v) is 2.94. The van der Waals surface area contributed by atoms with Crippen molar-refractivity contribution in [1.29, 1.82) is 5.26 Å². The highest BCUT2D eigenvalue weighted by Gasteiger charge is 2.21. The van der Waals surface area contributed by atoms with Crippen molar-refractivity contribution in [3.8, 4) is 6.07 Å². The molecule has 0 radical (unpaired) electrons. The molecule has 0 amide bonds. The third-order valence-electron chi connectivity index (χ3n) is 3.84. The van der Waals surface area contributed by atoms with E-state index < -0.39 is 5.82 Å². The van der Waals surface area contributed by atoms with Crippen LogP contribution in [0, 0.1) is 17.1 Å². The molecule has 1 aromatic rings. The Kier molecular flexibility index (Phi) is 6.17. The Balaban J connectivity index is 1.70. The van der Waals surface area contributed by atoms with Crippen LogP contribution >= 0.6 is 0 Å². The Morgan fingerprint density at radius 3 is 2.73 bits per heavy atom. The zero-order chi connectivity index (χ0) is 15.9. The van der Waals surface area contributed by atoms with Gasteiger partial charge in [0.15, 0.2) is 0 Å². The number of rotatable bonds is 6. The third kappa shape index (κ3) is 4.69. The number of hydrogen-bond acceptors (Lipinski definition) is 4. The first-order valence-electron chi connectivity index (χ1n) is 7.90. The Morgan fingerprint density at radius 2 is 2.05 bits per heavy atom.